The van der Waals surface area contributed by atoms with Gasteiger partial charge in [0.15, 0.2) is 9.84 Å². The second-order valence-electron chi connectivity index (χ2n) is 3.82. The van der Waals surface area contributed by atoms with Gasteiger partial charge in [-0.15, -0.1) is 0 Å². The lowest BCUT2D eigenvalue weighted by atomic mass is 10.2. The maximum Gasteiger partial charge on any atom is 0.396 e. The van der Waals surface area contributed by atoms with E-state index >= 15 is 0 Å². The molecule has 6 nitrogen and oxygen atoms in total. The van der Waals surface area contributed by atoms with Crippen LogP contribution in [0.5, 0.6) is 0 Å². The quantitative estimate of drug-likeness (QED) is 0.633. The summed E-state index contributed by atoms with van der Waals surface area (Å²) in [5.41, 5.74) is 0.685. The molecule has 19 heavy (non-hydrogen) atoms. The van der Waals surface area contributed by atoms with E-state index in [1.165, 1.54) is 12.1 Å². The Labute approximate surface area is 111 Å². The zero-order valence-electron chi connectivity index (χ0n) is 10.7. The third-order valence-electron chi connectivity index (χ3n) is 2.27. The Kier molecular flexibility index (Phi) is 5.05. The van der Waals surface area contributed by atoms with Gasteiger partial charge >= 0.3 is 11.9 Å². The molecule has 0 saturated carbocycles. The highest BCUT2D eigenvalue weighted by Crippen LogP contribution is 2.10. The minimum atomic E-state index is -3.23. The molecule has 0 aliphatic carbocycles. The van der Waals surface area contributed by atoms with Gasteiger partial charge in [-0.1, -0.05) is 12.1 Å². The highest BCUT2D eigenvalue weighted by Gasteiger charge is 2.13. The molecule has 7 heteroatoms. The molecule has 1 aromatic rings. The molecule has 0 unspecified atom stereocenters. The van der Waals surface area contributed by atoms with Crippen molar-refractivity contribution in [1.82, 2.24) is 5.32 Å². The zero-order valence-corrected chi connectivity index (χ0v) is 11.5. The summed E-state index contributed by atoms with van der Waals surface area (Å²) in [5.74, 6) is -1.76. The number of ether oxygens (including phenoxy) is 1. The van der Waals surface area contributed by atoms with Crippen LogP contribution in [0.4, 0.5) is 0 Å². The highest BCUT2D eigenvalue weighted by molar-refractivity contribution is 7.90. The van der Waals surface area contributed by atoms with Crippen molar-refractivity contribution in [2.45, 2.75) is 18.4 Å². The van der Waals surface area contributed by atoms with Crippen LogP contribution in [0.3, 0.4) is 0 Å². The van der Waals surface area contributed by atoms with Crippen LogP contribution in [0.25, 0.3) is 0 Å². The standard InChI is InChI=1S/C12H15NO5S/c1-3-18-12(15)11(14)13-8-9-4-6-10(7-5-9)19(2,16)17/h4-7H,3,8H2,1-2H3,(H,13,14). The maximum atomic E-state index is 11.3. The first-order valence-electron chi connectivity index (χ1n) is 5.58. The molecule has 0 aliphatic heterocycles. The van der Waals surface area contributed by atoms with E-state index in [0.717, 1.165) is 6.26 Å². The minimum Gasteiger partial charge on any atom is -0.459 e. The number of sulfone groups is 1. The van der Waals surface area contributed by atoms with Gasteiger partial charge < -0.3 is 10.1 Å². The summed E-state index contributed by atoms with van der Waals surface area (Å²) in [6, 6.07) is 6.03. The Bertz CT molecular complexity index is 562. The molecule has 0 fully saturated rings. The van der Waals surface area contributed by atoms with E-state index in [9.17, 15) is 18.0 Å². The number of amides is 1. The van der Waals surface area contributed by atoms with Crippen molar-refractivity contribution in [3.63, 3.8) is 0 Å². The third kappa shape index (κ3) is 4.70. The van der Waals surface area contributed by atoms with E-state index in [2.05, 4.69) is 10.1 Å². The molecular formula is C12H15NO5S. The first-order chi connectivity index (χ1) is 8.84. The van der Waals surface area contributed by atoms with Crippen LogP contribution >= 0.6 is 0 Å². The number of esters is 1. The molecule has 0 atom stereocenters. The van der Waals surface area contributed by atoms with Crippen molar-refractivity contribution in [2.24, 2.45) is 0 Å². The van der Waals surface area contributed by atoms with Crippen LogP contribution in [-0.4, -0.2) is 33.2 Å². The van der Waals surface area contributed by atoms with E-state index < -0.39 is 21.7 Å². The van der Waals surface area contributed by atoms with Crippen molar-refractivity contribution < 1.29 is 22.7 Å². The number of benzene rings is 1. The van der Waals surface area contributed by atoms with Gasteiger partial charge in [-0.25, -0.2) is 13.2 Å². The zero-order chi connectivity index (χ0) is 14.5. The monoisotopic (exact) mass is 285 g/mol. The predicted molar refractivity (Wildman–Crippen MR) is 68.0 cm³/mol. The fourth-order valence-electron chi connectivity index (χ4n) is 1.31. The van der Waals surface area contributed by atoms with Crippen LogP contribution in [0.2, 0.25) is 0 Å². The molecule has 1 amide bonds. The first kappa shape index (κ1) is 15.2. The summed E-state index contributed by atoms with van der Waals surface area (Å²) >= 11 is 0. The van der Waals surface area contributed by atoms with Crippen LogP contribution in [0.15, 0.2) is 29.2 Å². The summed E-state index contributed by atoms with van der Waals surface area (Å²) in [4.78, 5) is 22.5. The molecule has 0 saturated heterocycles. The molecule has 0 spiro atoms. The Morgan fingerprint density at radius 1 is 1.21 bits per heavy atom. The van der Waals surface area contributed by atoms with Gasteiger partial charge in [-0.3, -0.25) is 4.79 Å². The molecule has 0 bridgehead atoms. The van der Waals surface area contributed by atoms with Crippen molar-refractivity contribution >= 4 is 21.7 Å². The normalized spacial score (nSPS) is 10.8. The van der Waals surface area contributed by atoms with Gasteiger partial charge in [-0.2, -0.15) is 0 Å². The van der Waals surface area contributed by atoms with Crippen molar-refractivity contribution in [3.05, 3.63) is 29.8 Å². The Morgan fingerprint density at radius 2 is 1.79 bits per heavy atom. The van der Waals surface area contributed by atoms with Crippen LogP contribution in [0.1, 0.15) is 12.5 Å². The first-order valence-corrected chi connectivity index (χ1v) is 7.47. The third-order valence-corrected chi connectivity index (χ3v) is 3.39. The van der Waals surface area contributed by atoms with E-state index in [4.69, 9.17) is 0 Å². The molecule has 1 N–H and O–H groups in total. The SMILES string of the molecule is CCOC(=O)C(=O)NCc1ccc(S(C)(=O)=O)cc1. The largest absolute Gasteiger partial charge is 0.459 e. The second-order valence-corrected chi connectivity index (χ2v) is 5.83. The number of hydrogen-bond acceptors (Lipinski definition) is 5. The van der Waals surface area contributed by atoms with Gasteiger partial charge in [-0.05, 0) is 24.6 Å². The summed E-state index contributed by atoms with van der Waals surface area (Å²) in [6.45, 7) is 1.87. The summed E-state index contributed by atoms with van der Waals surface area (Å²) < 4.78 is 27.0. The fraction of sp³-hybridized carbons (Fsp3) is 0.333. The van der Waals surface area contributed by atoms with Crippen molar-refractivity contribution in [3.8, 4) is 0 Å². The molecule has 0 radical (unpaired) electrons. The maximum absolute atomic E-state index is 11.3. The lowest BCUT2D eigenvalue weighted by Gasteiger charge is -2.05. The van der Waals surface area contributed by atoms with Gasteiger partial charge in [0.25, 0.3) is 0 Å². The Hall–Kier alpha value is -1.89. The predicted octanol–water partition coefficient (Wildman–Crippen LogP) is 0.269. The van der Waals surface area contributed by atoms with E-state index in [0.29, 0.717) is 5.56 Å². The van der Waals surface area contributed by atoms with E-state index in [1.807, 2.05) is 0 Å². The van der Waals surface area contributed by atoms with Gasteiger partial charge in [0.05, 0.1) is 11.5 Å². The average Bonchev–Trinajstić information content (AvgIpc) is 2.35. The van der Waals surface area contributed by atoms with Crippen molar-refractivity contribution in [1.29, 1.82) is 0 Å². The molecule has 0 heterocycles. The second kappa shape index (κ2) is 6.33. The van der Waals surface area contributed by atoms with Crippen molar-refractivity contribution in [2.75, 3.05) is 12.9 Å². The molecule has 0 aromatic heterocycles. The average molecular weight is 285 g/mol. The number of hydrogen-bond donors (Lipinski definition) is 1. The number of rotatable bonds is 4. The molecule has 1 aromatic carbocycles. The summed E-state index contributed by atoms with van der Waals surface area (Å²) in [7, 11) is -3.23. The van der Waals surface area contributed by atoms with E-state index in [1.54, 1.807) is 19.1 Å². The Balaban J connectivity index is 2.60. The topological polar surface area (TPSA) is 89.5 Å². The molecular weight excluding hydrogens is 270 g/mol. The van der Waals surface area contributed by atoms with Crippen LogP contribution < -0.4 is 5.32 Å². The summed E-state index contributed by atoms with van der Waals surface area (Å²) in [6.07, 6.45) is 1.12. The fourth-order valence-corrected chi connectivity index (χ4v) is 1.94. The van der Waals surface area contributed by atoms with E-state index in [-0.39, 0.29) is 18.0 Å². The lowest BCUT2D eigenvalue weighted by molar-refractivity contribution is -0.154. The highest BCUT2D eigenvalue weighted by atomic mass is 32.2. The lowest BCUT2D eigenvalue weighted by Crippen LogP contribution is -2.32. The number of nitrogens with one attached hydrogen (secondary N) is 1. The van der Waals surface area contributed by atoms with Gasteiger partial charge in [0.2, 0.25) is 0 Å². The summed E-state index contributed by atoms with van der Waals surface area (Å²) in [5, 5.41) is 2.38. The van der Waals surface area contributed by atoms with Crippen LogP contribution in [0, 0.1) is 0 Å². The number of carbonyl (C=O) groups is 2. The van der Waals surface area contributed by atoms with Crippen LogP contribution in [-0.2, 0) is 30.7 Å². The molecule has 104 valence electrons. The smallest absolute Gasteiger partial charge is 0.396 e. The number of carbonyl (C=O) groups excluding carboxylic acids is 2. The minimum absolute atomic E-state index is 0.127. The Morgan fingerprint density at radius 3 is 2.26 bits per heavy atom. The van der Waals surface area contributed by atoms with Gasteiger partial charge in [0.1, 0.15) is 0 Å². The molecule has 0 aliphatic rings. The molecule has 1 rings (SSSR count). The van der Waals surface area contributed by atoms with Gasteiger partial charge in [0, 0.05) is 12.8 Å².